The lowest BCUT2D eigenvalue weighted by atomic mass is 10.2. The molecule has 0 aliphatic carbocycles. The monoisotopic (exact) mass is 385 g/mol. The van der Waals surface area contributed by atoms with E-state index in [9.17, 15) is 18.0 Å². The highest BCUT2D eigenvalue weighted by Gasteiger charge is 2.33. The molecule has 140 valence electrons. The normalized spacial score (nSPS) is 11.8. The molecule has 7 nitrogen and oxygen atoms in total. The predicted octanol–water partition coefficient (Wildman–Crippen LogP) is 1.04. The Balaban J connectivity index is 2.16. The van der Waals surface area contributed by atoms with Gasteiger partial charge in [-0.3, -0.25) is 9.59 Å². The number of hydrogen-bond acceptors (Lipinski definition) is 5. The van der Waals surface area contributed by atoms with Crippen molar-refractivity contribution in [2.45, 2.75) is 11.0 Å². The van der Waals surface area contributed by atoms with Crippen LogP contribution in [0.1, 0.15) is 15.9 Å². The lowest BCUT2D eigenvalue weighted by Crippen LogP contribution is -2.47. The van der Waals surface area contributed by atoms with Crippen LogP contribution in [0.15, 0.2) is 60.7 Å². The maximum atomic E-state index is 12.8. The topological polar surface area (TPSA) is 116 Å². The third-order valence-electron chi connectivity index (χ3n) is 3.76. The van der Waals surface area contributed by atoms with Crippen LogP contribution in [0.25, 0.3) is 0 Å². The molecule has 2 N–H and O–H groups in total. The first kappa shape index (κ1) is 20.1. The van der Waals surface area contributed by atoms with Crippen molar-refractivity contribution in [3.05, 3.63) is 71.8 Å². The van der Waals surface area contributed by atoms with Crippen LogP contribution in [0.2, 0.25) is 0 Å². The molecule has 2 aromatic rings. The molecule has 0 bridgehead atoms. The largest absolute Gasteiger partial charge is 0.350 e. The molecular weight excluding hydrogens is 366 g/mol. The van der Waals surface area contributed by atoms with E-state index in [0.717, 1.165) is 0 Å². The summed E-state index contributed by atoms with van der Waals surface area (Å²) in [5.74, 6) is -1.65. The zero-order valence-electron chi connectivity index (χ0n) is 14.5. The number of amides is 2. The number of nitriles is 1. The quantitative estimate of drug-likeness (QED) is 0.659. The van der Waals surface area contributed by atoms with Gasteiger partial charge in [0.05, 0.1) is 11.8 Å². The van der Waals surface area contributed by atoms with Crippen molar-refractivity contribution in [3.63, 3.8) is 0 Å². The van der Waals surface area contributed by atoms with Gasteiger partial charge in [-0.2, -0.15) is 5.26 Å². The Morgan fingerprint density at radius 2 is 1.56 bits per heavy atom. The molecule has 0 spiro atoms. The molecule has 2 aromatic carbocycles. The highest BCUT2D eigenvalue weighted by Crippen LogP contribution is 2.12. The lowest BCUT2D eigenvalue weighted by molar-refractivity contribution is -0.120. The molecule has 27 heavy (non-hydrogen) atoms. The van der Waals surface area contributed by atoms with Crippen LogP contribution in [-0.2, 0) is 20.4 Å². The number of carbonyl (C=O) groups excluding carboxylic acids is 2. The summed E-state index contributed by atoms with van der Waals surface area (Å²) >= 11 is 0. The second kappa shape index (κ2) is 9.50. The molecule has 0 radical (unpaired) electrons. The van der Waals surface area contributed by atoms with Gasteiger partial charge >= 0.3 is 0 Å². The number of sulfone groups is 1. The summed E-state index contributed by atoms with van der Waals surface area (Å²) in [6, 6.07) is 18.4. The van der Waals surface area contributed by atoms with Crippen LogP contribution in [0.4, 0.5) is 0 Å². The van der Waals surface area contributed by atoms with Gasteiger partial charge in [0, 0.05) is 12.1 Å². The Morgan fingerprint density at radius 3 is 2.15 bits per heavy atom. The van der Waals surface area contributed by atoms with Crippen molar-refractivity contribution in [2.75, 3.05) is 13.1 Å². The van der Waals surface area contributed by atoms with Gasteiger partial charge in [0.25, 0.3) is 5.91 Å². The number of benzene rings is 2. The van der Waals surface area contributed by atoms with Crippen LogP contribution in [-0.4, -0.2) is 38.6 Å². The standard InChI is InChI=1S/C19H19N3O4S/c20-11-12-21-19(24)17(13-22-18(23)16-9-5-2-6-10-16)27(25,26)14-15-7-3-1-4-8-15/h1-10,17H,12-14H2,(H,21,24)(H,22,23). The van der Waals surface area contributed by atoms with Crippen molar-refractivity contribution in [1.82, 2.24) is 10.6 Å². The fraction of sp³-hybridized carbons (Fsp3) is 0.211. The van der Waals surface area contributed by atoms with E-state index >= 15 is 0 Å². The first-order chi connectivity index (χ1) is 12.9. The van der Waals surface area contributed by atoms with Crippen molar-refractivity contribution in [3.8, 4) is 6.07 Å². The third-order valence-corrected chi connectivity index (χ3v) is 5.75. The van der Waals surface area contributed by atoms with Crippen LogP contribution in [0.5, 0.6) is 0 Å². The molecule has 0 aliphatic rings. The minimum atomic E-state index is -3.92. The van der Waals surface area contributed by atoms with Crippen molar-refractivity contribution < 1.29 is 18.0 Å². The second-order valence-corrected chi connectivity index (χ2v) is 7.92. The Labute approximate surface area is 157 Å². The number of nitrogens with zero attached hydrogens (tertiary/aromatic N) is 1. The number of nitrogens with one attached hydrogen (secondary N) is 2. The SMILES string of the molecule is N#CCNC(=O)C(CNC(=O)c1ccccc1)S(=O)(=O)Cc1ccccc1. The molecule has 2 amide bonds. The molecule has 1 unspecified atom stereocenters. The van der Waals surface area contributed by atoms with Gasteiger partial charge < -0.3 is 10.6 Å². The maximum absolute atomic E-state index is 12.8. The highest BCUT2D eigenvalue weighted by atomic mass is 32.2. The van der Waals surface area contributed by atoms with E-state index in [1.807, 2.05) is 0 Å². The lowest BCUT2D eigenvalue weighted by Gasteiger charge is -2.17. The fourth-order valence-electron chi connectivity index (χ4n) is 2.41. The van der Waals surface area contributed by atoms with Crippen molar-refractivity contribution in [2.24, 2.45) is 0 Å². The zero-order valence-corrected chi connectivity index (χ0v) is 15.3. The van der Waals surface area contributed by atoms with Gasteiger partial charge in [0.2, 0.25) is 5.91 Å². The molecular formula is C19H19N3O4S. The molecule has 0 aliphatic heterocycles. The summed E-state index contributed by atoms with van der Waals surface area (Å²) in [6.07, 6.45) is 0. The molecule has 0 saturated carbocycles. The minimum absolute atomic E-state index is 0.317. The van der Waals surface area contributed by atoms with Gasteiger partial charge in [-0.1, -0.05) is 48.5 Å². The van der Waals surface area contributed by atoms with E-state index in [1.54, 1.807) is 66.7 Å². The zero-order chi connectivity index (χ0) is 19.7. The molecule has 0 saturated heterocycles. The predicted molar refractivity (Wildman–Crippen MR) is 100 cm³/mol. The summed E-state index contributed by atoms with van der Waals surface area (Å²) < 4.78 is 25.5. The average Bonchev–Trinajstić information content (AvgIpc) is 2.67. The maximum Gasteiger partial charge on any atom is 0.251 e. The number of carbonyl (C=O) groups is 2. The molecule has 8 heteroatoms. The summed E-state index contributed by atoms with van der Waals surface area (Å²) in [5, 5.41) is 11.9. The second-order valence-electron chi connectivity index (χ2n) is 5.73. The Kier molecular flexibility index (Phi) is 7.08. The van der Waals surface area contributed by atoms with Gasteiger partial charge in [0.1, 0.15) is 6.54 Å². The summed E-state index contributed by atoms with van der Waals surface area (Å²) in [4.78, 5) is 24.5. The summed E-state index contributed by atoms with van der Waals surface area (Å²) in [6.45, 7) is -0.705. The average molecular weight is 385 g/mol. The molecule has 2 rings (SSSR count). The smallest absolute Gasteiger partial charge is 0.251 e. The highest BCUT2D eigenvalue weighted by molar-refractivity contribution is 7.92. The molecule has 0 fully saturated rings. The van der Waals surface area contributed by atoms with E-state index in [2.05, 4.69) is 10.6 Å². The van der Waals surface area contributed by atoms with Crippen molar-refractivity contribution >= 4 is 21.7 Å². The fourth-order valence-corrected chi connectivity index (χ4v) is 4.01. The third kappa shape index (κ3) is 5.94. The first-order valence-corrected chi connectivity index (χ1v) is 9.89. The van der Waals surface area contributed by atoms with Gasteiger partial charge in [-0.05, 0) is 17.7 Å². The van der Waals surface area contributed by atoms with Crippen LogP contribution in [0.3, 0.4) is 0 Å². The number of hydrogen-bond donors (Lipinski definition) is 2. The van der Waals surface area contributed by atoms with E-state index in [4.69, 9.17) is 5.26 Å². The molecule has 0 aromatic heterocycles. The Hall–Kier alpha value is -3.18. The Bertz CT molecular complexity index is 922. The van der Waals surface area contributed by atoms with Gasteiger partial charge in [-0.15, -0.1) is 0 Å². The molecule has 1 atom stereocenters. The first-order valence-electron chi connectivity index (χ1n) is 8.17. The van der Waals surface area contributed by atoms with E-state index in [1.165, 1.54) is 0 Å². The minimum Gasteiger partial charge on any atom is -0.350 e. The van der Waals surface area contributed by atoms with Crippen molar-refractivity contribution in [1.29, 1.82) is 5.26 Å². The summed E-state index contributed by atoms with van der Waals surface area (Å²) in [5.41, 5.74) is 0.888. The number of rotatable bonds is 8. The van der Waals surface area contributed by atoms with Crippen LogP contribution in [0, 0.1) is 11.3 Å². The van der Waals surface area contributed by atoms with E-state index in [-0.39, 0.29) is 18.8 Å². The molecule has 0 heterocycles. The van der Waals surface area contributed by atoms with E-state index in [0.29, 0.717) is 11.1 Å². The Morgan fingerprint density at radius 1 is 0.963 bits per heavy atom. The van der Waals surface area contributed by atoms with Crippen LogP contribution >= 0.6 is 0 Å². The van der Waals surface area contributed by atoms with Crippen LogP contribution < -0.4 is 10.6 Å². The van der Waals surface area contributed by atoms with Gasteiger partial charge in [0.15, 0.2) is 15.1 Å². The van der Waals surface area contributed by atoms with Gasteiger partial charge in [-0.25, -0.2) is 8.42 Å². The summed E-state index contributed by atoms with van der Waals surface area (Å²) in [7, 11) is -3.92. The van der Waals surface area contributed by atoms with E-state index < -0.39 is 26.9 Å².